The molecule has 1 atom stereocenters. The molecular weight excluding hydrogens is 285 g/mol. The average molecular weight is 302 g/mol. The van der Waals surface area contributed by atoms with Gasteiger partial charge in [0.1, 0.15) is 0 Å². The molecule has 2 amide bonds. The lowest BCUT2D eigenvalue weighted by Gasteiger charge is -2.22. The van der Waals surface area contributed by atoms with Gasteiger partial charge in [0.2, 0.25) is 0 Å². The van der Waals surface area contributed by atoms with Crippen molar-refractivity contribution in [3.05, 3.63) is 29.8 Å². The summed E-state index contributed by atoms with van der Waals surface area (Å²) < 4.78 is 42.5. The molecule has 1 heterocycles. The molecule has 0 spiro atoms. The number of benzene rings is 1. The molecule has 1 unspecified atom stereocenters. The number of nitrogens with one attached hydrogen (secondary N) is 2. The monoisotopic (exact) mass is 302 g/mol. The maximum atomic E-state index is 12.4. The van der Waals surface area contributed by atoms with Gasteiger partial charge in [-0.15, -0.1) is 0 Å². The van der Waals surface area contributed by atoms with E-state index in [9.17, 15) is 18.0 Å². The van der Waals surface area contributed by atoms with Crippen LogP contribution in [0.1, 0.15) is 18.4 Å². The number of rotatable bonds is 3. The number of hydrogen-bond donors (Lipinski definition) is 2. The number of hydrogen-bond acceptors (Lipinski definition) is 2. The molecular formula is C14H17F3N2O2. The molecule has 0 bridgehead atoms. The van der Waals surface area contributed by atoms with Crippen LogP contribution >= 0.6 is 0 Å². The SMILES string of the molecule is O=C(NCC1CCCOC1)Nc1ccc(C(F)(F)F)cc1. The maximum absolute atomic E-state index is 12.4. The molecule has 0 aliphatic carbocycles. The van der Waals surface area contributed by atoms with Crippen molar-refractivity contribution < 1.29 is 22.7 Å². The lowest BCUT2D eigenvalue weighted by atomic mass is 10.0. The lowest BCUT2D eigenvalue weighted by molar-refractivity contribution is -0.137. The first-order valence-corrected chi connectivity index (χ1v) is 6.75. The average Bonchev–Trinajstić information content (AvgIpc) is 2.46. The van der Waals surface area contributed by atoms with E-state index in [1.807, 2.05) is 0 Å². The summed E-state index contributed by atoms with van der Waals surface area (Å²) in [5.74, 6) is 0.289. The Balaban J connectivity index is 1.79. The van der Waals surface area contributed by atoms with Crippen LogP contribution in [0.15, 0.2) is 24.3 Å². The van der Waals surface area contributed by atoms with Crippen LogP contribution in [-0.4, -0.2) is 25.8 Å². The van der Waals surface area contributed by atoms with Crippen molar-refractivity contribution in [3.63, 3.8) is 0 Å². The van der Waals surface area contributed by atoms with Crippen LogP contribution in [0.3, 0.4) is 0 Å². The number of ether oxygens (including phenoxy) is 1. The minimum Gasteiger partial charge on any atom is -0.381 e. The second-order valence-electron chi connectivity index (χ2n) is 4.99. The van der Waals surface area contributed by atoms with Crippen LogP contribution in [-0.2, 0) is 10.9 Å². The topological polar surface area (TPSA) is 50.4 Å². The molecule has 1 aromatic carbocycles. The Labute approximate surface area is 120 Å². The van der Waals surface area contributed by atoms with E-state index >= 15 is 0 Å². The third kappa shape index (κ3) is 4.93. The normalized spacial score (nSPS) is 19.1. The summed E-state index contributed by atoms with van der Waals surface area (Å²) in [5.41, 5.74) is -0.423. The molecule has 1 aliphatic rings. The van der Waals surface area contributed by atoms with Gasteiger partial charge in [0.15, 0.2) is 0 Å². The van der Waals surface area contributed by atoms with Gasteiger partial charge in [-0.25, -0.2) is 4.79 Å². The molecule has 1 aliphatic heterocycles. The van der Waals surface area contributed by atoms with Crippen molar-refractivity contribution in [1.29, 1.82) is 0 Å². The summed E-state index contributed by atoms with van der Waals surface area (Å²) in [5, 5.41) is 5.20. The fourth-order valence-electron chi connectivity index (χ4n) is 2.12. The zero-order valence-electron chi connectivity index (χ0n) is 11.4. The maximum Gasteiger partial charge on any atom is 0.416 e. The molecule has 0 saturated carbocycles. The minimum atomic E-state index is -4.37. The molecule has 2 rings (SSSR count). The van der Waals surface area contributed by atoms with Crippen LogP contribution in [0.25, 0.3) is 0 Å². The number of carbonyl (C=O) groups excluding carboxylic acids is 1. The summed E-state index contributed by atoms with van der Waals surface area (Å²) in [7, 11) is 0. The Morgan fingerprint density at radius 2 is 2.00 bits per heavy atom. The van der Waals surface area contributed by atoms with E-state index in [-0.39, 0.29) is 5.92 Å². The Kier molecular flexibility index (Phi) is 5.06. The van der Waals surface area contributed by atoms with Gasteiger partial charge in [-0.05, 0) is 43.0 Å². The first kappa shape index (κ1) is 15.6. The fraction of sp³-hybridized carbons (Fsp3) is 0.500. The number of halogens is 3. The first-order valence-electron chi connectivity index (χ1n) is 6.75. The van der Waals surface area contributed by atoms with Crippen molar-refractivity contribution in [3.8, 4) is 0 Å². The first-order chi connectivity index (χ1) is 9.95. The van der Waals surface area contributed by atoms with Crippen molar-refractivity contribution in [2.45, 2.75) is 19.0 Å². The number of anilines is 1. The Bertz CT molecular complexity index is 468. The van der Waals surface area contributed by atoms with Gasteiger partial charge < -0.3 is 15.4 Å². The highest BCUT2D eigenvalue weighted by Gasteiger charge is 2.29. The predicted molar refractivity (Wildman–Crippen MR) is 72.0 cm³/mol. The fourth-order valence-corrected chi connectivity index (χ4v) is 2.12. The summed E-state index contributed by atoms with van der Waals surface area (Å²) in [6.45, 7) is 1.88. The van der Waals surface area contributed by atoms with Crippen molar-refractivity contribution in [2.24, 2.45) is 5.92 Å². The molecule has 21 heavy (non-hydrogen) atoms. The second-order valence-corrected chi connectivity index (χ2v) is 4.99. The molecule has 0 aromatic heterocycles. The van der Waals surface area contributed by atoms with Crippen LogP contribution in [0.2, 0.25) is 0 Å². The number of amides is 2. The van der Waals surface area contributed by atoms with E-state index in [0.717, 1.165) is 31.6 Å². The van der Waals surface area contributed by atoms with Gasteiger partial charge in [0, 0.05) is 18.8 Å². The largest absolute Gasteiger partial charge is 0.416 e. The van der Waals surface area contributed by atoms with E-state index in [4.69, 9.17) is 4.74 Å². The molecule has 1 aromatic rings. The van der Waals surface area contributed by atoms with Gasteiger partial charge >= 0.3 is 12.2 Å². The summed E-state index contributed by atoms with van der Waals surface area (Å²) >= 11 is 0. The third-order valence-electron chi connectivity index (χ3n) is 3.28. The molecule has 7 heteroatoms. The van der Waals surface area contributed by atoms with Crippen molar-refractivity contribution >= 4 is 11.7 Å². The number of carbonyl (C=O) groups is 1. The van der Waals surface area contributed by atoms with Crippen molar-refractivity contribution in [2.75, 3.05) is 25.1 Å². The Morgan fingerprint density at radius 3 is 2.57 bits per heavy atom. The van der Waals surface area contributed by atoms with E-state index < -0.39 is 17.8 Å². The third-order valence-corrected chi connectivity index (χ3v) is 3.28. The van der Waals surface area contributed by atoms with Gasteiger partial charge in [-0.3, -0.25) is 0 Å². The van der Waals surface area contributed by atoms with Gasteiger partial charge in [-0.2, -0.15) is 13.2 Å². The van der Waals surface area contributed by atoms with Crippen LogP contribution in [0.5, 0.6) is 0 Å². The highest BCUT2D eigenvalue weighted by atomic mass is 19.4. The van der Waals surface area contributed by atoms with Gasteiger partial charge in [0.05, 0.1) is 12.2 Å². The second kappa shape index (κ2) is 6.80. The smallest absolute Gasteiger partial charge is 0.381 e. The van der Waals surface area contributed by atoms with E-state index in [2.05, 4.69) is 10.6 Å². The molecule has 4 nitrogen and oxygen atoms in total. The lowest BCUT2D eigenvalue weighted by Crippen LogP contribution is -2.35. The molecule has 1 saturated heterocycles. The summed E-state index contributed by atoms with van der Waals surface area (Å²) in [4.78, 5) is 11.7. The molecule has 1 fully saturated rings. The summed E-state index contributed by atoms with van der Waals surface area (Å²) in [6, 6.07) is 3.90. The summed E-state index contributed by atoms with van der Waals surface area (Å²) in [6.07, 6.45) is -2.39. The molecule has 0 radical (unpaired) electrons. The van der Waals surface area contributed by atoms with E-state index in [1.165, 1.54) is 12.1 Å². The quantitative estimate of drug-likeness (QED) is 0.900. The Morgan fingerprint density at radius 1 is 1.29 bits per heavy atom. The van der Waals surface area contributed by atoms with Gasteiger partial charge in [-0.1, -0.05) is 0 Å². The van der Waals surface area contributed by atoms with Crippen LogP contribution in [0.4, 0.5) is 23.7 Å². The minimum absolute atomic E-state index is 0.289. The van der Waals surface area contributed by atoms with E-state index in [1.54, 1.807) is 0 Å². The highest BCUT2D eigenvalue weighted by Crippen LogP contribution is 2.29. The zero-order chi connectivity index (χ0) is 15.3. The van der Waals surface area contributed by atoms with Crippen LogP contribution < -0.4 is 10.6 Å². The van der Waals surface area contributed by atoms with Gasteiger partial charge in [0.25, 0.3) is 0 Å². The van der Waals surface area contributed by atoms with E-state index in [0.29, 0.717) is 18.8 Å². The standard InChI is InChI=1S/C14H17F3N2O2/c15-14(16,17)11-3-5-12(6-4-11)19-13(20)18-8-10-2-1-7-21-9-10/h3-6,10H,1-2,7-9H2,(H2,18,19,20). The Hall–Kier alpha value is -1.76. The zero-order valence-corrected chi connectivity index (χ0v) is 11.4. The number of alkyl halides is 3. The molecule has 2 N–H and O–H groups in total. The van der Waals surface area contributed by atoms with Crippen LogP contribution in [0, 0.1) is 5.92 Å². The van der Waals surface area contributed by atoms with Crippen molar-refractivity contribution in [1.82, 2.24) is 5.32 Å². The predicted octanol–water partition coefficient (Wildman–Crippen LogP) is 3.25. The highest BCUT2D eigenvalue weighted by molar-refractivity contribution is 5.89. The number of urea groups is 1. The molecule has 116 valence electrons.